The largest absolute Gasteiger partial charge is 0.380 e. The van der Waals surface area contributed by atoms with Gasteiger partial charge < -0.3 is 21.1 Å². The van der Waals surface area contributed by atoms with Crippen LogP contribution in [0.4, 0.5) is 11.4 Å². The van der Waals surface area contributed by atoms with Gasteiger partial charge in [-0.25, -0.2) is 8.42 Å². The molecule has 0 bridgehead atoms. The molecule has 1 unspecified atom stereocenters. The van der Waals surface area contributed by atoms with Crippen LogP contribution in [-0.4, -0.2) is 58.4 Å². The van der Waals surface area contributed by atoms with E-state index in [-0.39, 0.29) is 54.3 Å². The molecular weight excluding hydrogens is 352 g/mol. The fourth-order valence-corrected chi connectivity index (χ4v) is 2.62. The third-order valence-electron chi connectivity index (χ3n) is 3.37. The van der Waals surface area contributed by atoms with Gasteiger partial charge in [0.15, 0.2) is 9.84 Å². The summed E-state index contributed by atoms with van der Waals surface area (Å²) >= 11 is 0. The number of nitro groups is 1. The summed E-state index contributed by atoms with van der Waals surface area (Å²) in [6.45, 7) is 0.678. The van der Waals surface area contributed by atoms with E-state index in [9.17, 15) is 23.3 Å². The predicted octanol–water partition coefficient (Wildman–Crippen LogP) is -0.110. The van der Waals surface area contributed by atoms with E-state index in [1.165, 1.54) is 19.2 Å². The second-order valence-electron chi connectivity index (χ2n) is 5.28. The molecule has 25 heavy (non-hydrogen) atoms. The quantitative estimate of drug-likeness (QED) is 0.291. The van der Waals surface area contributed by atoms with Gasteiger partial charge in [0.05, 0.1) is 22.3 Å². The van der Waals surface area contributed by atoms with E-state index in [0.29, 0.717) is 0 Å². The highest BCUT2D eigenvalue weighted by Gasteiger charge is 2.18. The number of carbonyl (C=O) groups excluding carboxylic acids is 1. The number of amides is 1. The summed E-state index contributed by atoms with van der Waals surface area (Å²) in [4.78, 5) is 22.0. The number of methoxy groups -OCH3 is 1. The van der Waals surface area contributed by atoms with Crippen LogP contribution in [-0.2, 0) is 19.4 Å². The van der Waals surface area contributed by atoms with E-state index in [2.05, 4.69) is 10.6 Å². The Kier molecular flexibility index (Phi) is 7.74. The summed E-state index contributed by atoms with van der Waals surface area (Å²) in [5.41, 5.74) is 5.25. The molecule has 0 fully saturated rings. The summed E-state index contributed by atoms with van der Waals surface area (Å²) in [7, 11) is -2.08. The number of anilines is 1. The number of ether oxygens (including phenoxy) is 1. The van der Waals surface area contributed by atoms with Crippen molar-refractivity contribution >= 4 is 27.1 Å². The van der Waals surface area contributed by atoms with E-state index in [1.54, 1.807) is 0 Å². The van der Waals surface area contributed by atoms with Crippen LogP contribution in [0.15, 0.2) is 23.1 Å². The molecule has 0 radical (unpaired) electrons. The maximum absolute atomic E-state index is 11.7. The highest BCUT2D eigenvalue weighted by Crippen LogP contribution is 2.27. The van der Waals surface area contributed by atoms with Crippen LogP contribution in [0.5, 0.6) is 0 Å². The number of carbonyl (C=O) groups is 1. The number of benzene rings is 1. The van der Waals surface area contributed by atoms with Crippen molar-refractivity contribution in [3.05, 3.63) is 28.3 Å². The predicted molar refractivity (Wildman–Crippen MR) is 92.2 cm³/mol. The Hall–Kier alpha value is -2.24. The zero-order chi connectivity index (χ0) is 19.0. The van der Waals surface area contributed by atoms with Crippen molar-refractivity contribution in [2.75, 3.05) is 38.3 Å². The van der Waals surface area contributed by atoms with Crippen molar-refractivity contribution in [1.82, 2.24) is 5.32 Å². The van der Waals surface area contributed by atoms with Gasteiger partial charge in [-0.2, -0.15) is 0 Å². The van der Waals surface area contributed by atoms with Crippen LogP contribution in [0.3, 0.4) is 0 Å². The molecule has 0 heterocycles. The van der Waals surface area contributed by atoms with Crippen LogP contribution >= 0.6 is 0 Å². The zero-order valence-electron chi connectivity index (χ0n) is 14.0. The highest BCUT2D eigenvalue weighted by molar-refractivity contribution is 7.90. The van der Waals surface area contributed by atoms with Crippen molar-refractivity contribution in [3.8, 4) is 0 Å². The Morgan fingerprint density at radius 3 is 2.60 bits per heavy atom. The lowest BCUT2D eigenvalue weighted by Gasteiger charge is -2.13. The second-order valence-corrected chi connectivity index (χ2v) is 7.30. The van der Waals surface area contributed by atoms with Crippen molar-refractivity contribution in [3.63, 3.8) is 0 Å². The van der Waals surface area contributed by atoms with Gasteiger partial charge in [0.2, 0.25) is 5.91 Å². The van der Waals surface area contributed by atoms with Crippen molar-refractivity contribution in [1.29, 1.82) is 0 Å². The van der Waals surface area contributed by atoms with E-state index in [4.69, 9.17) is 10.5 Å². The molecule has 0 aliphatic rings. The lowest BCUT2D eigenvalue weighted by atomic mass is 10.2. The summed E-state index contributed by atoms with van der Waals surface area (Å²) < 4.78 is 28.0. The van der Waals surface area contributed by atoms with Crippen LogP contribution in [0, 0.1) is 10.1 Å². The van der Waals surface area contributed by atoms with Crippen LogP contribution in [0.1, 0.15) is 6.42 Å². The third-order valence-corrected chi connectivity index (χ3v) is 4.48. The SMILES string of the molecule is COC(CN)CC(=O)NCCNc1ccc(S(C)(=O)=O)cc1[N+](=O)[O-]. The van der Waals surface area contributed by atoms with Gasteiger partial charge in [-0.05, 0) is 12.1 Å². The number of nitrogens with one attached hydrogen (secondary N) is 2. The number of sulfone groups is 1. The van der Waals surface area contributed by atoms with Crippen LogP contribution < -0.4 is 16.4 Å². The first-order chi connectivity index (χ1) is 11.7. The lowest BCUT2D eigenvalue weighted by Crippen LogP contribution is -2.34. The molecular formula is C14H22N4O6S. The summed E-state index contributed by atoms with van der Waals surface area (Å²) in [6, 6.07) is 3.61. The molecule has 0 aromatic heterocycles. The fourth-order valence-electron chi connectivity index (χ4n) is 1.98. The lowest BCUT2D eigenvalue weighted by molar-refractivity contribution is -0.384. The molecule has 0 saturated carbocycles. The summed E-state index contributed by atoms with van der Waals surface area (Å²) in [6.07, 6.45) is 0.733. The molecule has 1 atom stereocenters. The minimum atomic E-state index is -3.54. The molecule has 4 N–H and O–H groups in total. The average molecular weight is 374 g/mol. The molecule has 1 amide bonds. The maximum atomic E-state index is 11.7. The Morgan fingerprint density at radius 1 is 1.40 bits per heavy atom. The van der Waals surface area contributed by atoms with Gasteiger partial charge in [-0.3, -0.25) is 14.9 Å². The van der Waals surface area contributed by atoms with Gasteiger partial charge >= 0.3 is 0 Å². The zero-order valence-corrected chi connectivity index (χ0v) is 14.8. The first-order valence-corrected chi connectivity index (χ1v) is 9.30. The Morgan fingerprint density at radius 2 is 2.08 bits per heavy atom. The number of hydrogen-bond donors (Lipinski definition) is 3. The summed E-state index contributed by atoms with van der Waals surface area (Å²) in [5, 5.41) is 16.5. The monoisotopic (exact) mass is 374 g/mol. The first kappa shape index (κ1) is 20.8. The first-order valence-electron chi connectivity index (χ1n) is 7.41. The maximum Gasteiger partial charge on any atom is 0.293 e. The van der Waals surface area contributed by atoms with Gasteiger partial charge in [0, 0.05) is 39.1 Å². The summed E-state index contributed by atoms with van der Waals surface area (Å²) in [5.74, 6) is -0.249. The van der Waals surface area contributed by atoms with Crippen molar-refractivity contribution in [2.45, 2.75) is 17.4 Å². The van der Waals surface area contributed by atoms with E-state index >= 15 is 0 Å². The number of nitro benzene ring substituents is 1. The number of nitrogens with two attached hydrogens (primary N) is 1. The van der Waals surface area contributed by atoms with E-state index < -0.39 is 14.8 Å². The molecule has 0 aliphatic carbocycles. The molecule has 1 rings (SSSR count). The number of nitrogens with zero attached hydrogens (tertiary/aromatic N) is 1. The molecule has 11 heteroatoms. The van der Waals surface area contributed by atoms with Crippen LogP contribution in [0.2, 0.25) is 0 Å². The minimum absolute atomic E-state index is 0.121. The highest BCUT2D eigenvalue weighted by atomic mass is 32.2. The van der Waals surface area contributed by atoms with Gasteiger partial charge in [-0.1, -0.05) is 0 Å². The van der Waals surface area contributed by atoms with Gasteiger partial charge in [-0.15, -0.1) is 0 Å². The third kappa shape index (κ3) is 6.64. The molecule has 1 aromatic carbocycles. The van der Waals surface area contributed by atoms with E-state index in [0.717, 1.165) is 12.3 Å². The Bertz CT molecular complexity index is 718. The van der Waals surface area contributed by atoms with E-state index in [1.807, 2.05) is 0 Å². The molecule has 10 nitrogen and oxygen atoms in total. The smallest absolute Gasteiger partial charge is 0.293 e. The fraction of sp³-hybridized carbons (Fsp3) is 0.500. The molecule has 0 spiro atoms. The topological polar surface area (TPSA) is 154 Å². The molecule has 140 valence electrons. The van der Waals surface area contributed by atoms with Gasteiger partial charge in [0.1, 0.15) is 5.69 Å². The minimum Gasteiger partial charge on any atom is -0.380 e. The molecule has 0 aliphatic heterocycles. The Balaban J connectivity index is 2.63. The van der Waals surface area contributed by atoms with Crippen molar-refractivity contribution in [2.24, 2.45) is 5.73 Å². The van der Waals surface area contributed by atoms with Crippen LogP contribution in [0.25, 0.3) is 0 Å². The standard InChI is InChI=1S/C14H22N4O6S/c1-24-10(9-15)7-14(19)17-6-5-16-12-4-3-11(25(2,22)23)8-13(12)18(20)21/h3-4,8,10,16H,5-7,9,15H2,1-2H3,(H,17,19). The normalized spacial score (nSPS) is 12.4. The average Bonchev–Trinajstić information content (AvgIpc) is 2.55. The number of hydrogen-bond acceptors (Lipinski definition) is 8. The van der Waals surface area contributed by atoms with Crippen molar-refractivity contribution < 1.29 is 22.9 Å². The number of rotatable bonds is 10. The second kappa shape index (κ2) is 9.30. The molecule has 0 saturated heterocycles. The molecule has 1 aromatic rings. The Labute approximate surface area is 145 Å². The van der Waals surface area contributed by atoms with Gasteiger partial charge in [0.25, 0.3) is 5.69 Å².